The van der Waals surface area contributed by atoms with Crippen molar-refractivity contribution in [3.8, 4) is 5.75 Å². The first-order valence-corrected chi connectivity index (χ1v) is 6.80. The van der Waals surface area contributed by atoms with E-state index in [1.807, 2.05) is 24.3 Å². The minimum Gasteiger partial charge on any atom is -0.485 e. The smallest absolute Gasteiger partial charge is 0.165 e. The van der Waals surface area contributed by atoms with Crippen molar-refractivity contribution in [3.05, 3.63) is 65.5 Å². The van der Waals surface area contributed by atoms with Crippen LogP contribution in [-0.2, 0) is 6.42 Å². The summed E-state index contributed by atoms with van der Waals surface area (Å²) in [5.74, 6) is -0.267. The molecule has 2 aromatic rings. The third-order valence-corrected chi connectivity index (χ3v) is 3.32. The summed E-state index contributed by atoms with van der Waals surface area (Å²) in [4.78, 5) is 0. The van der Waals surface area contributed by atoms with E-state index in [4.69, 9.17) is 4.74 Å². The summed E-state index contributed by atoms with van der Waals surface area (Å²) >= 11 is 0. The molecule has 3 heteroatoms. The van der Waals surface area contributed by atoms with Crippen molar-refractivity contribution < 1.29 is 14.2 Å². The number of rotatable bonds is 5. The topological polar surface area (TPSA) is 29.5 Å². The van der Waals surface area contributed by atoms with E-state index in [0.717, 1.165) is 12.0 Å². The van der Waals surface area contributed by atoms with Gasteiger partial charge in [0.2, 0.25) is 0 Å². The molecule has 0 aromatic heterocycles. The molecule has 0 spiro atoms. The molecular weight excluding hydrogens is 255 g/mol. The molecule has 0 heterocycles. The fraction of sp³-hybridized carbons (Fsp3) is 0.294. The molecule has 0 amide bonds. The Morgan fingerprint density at radius 1 is 1.10 bits per heavy atom. The highest BCUT2D eigenvalue weighted by atomic mass is 19.1. The van der Waals surface area contributed by atoms with E-state index in [-0.39, 0.29) is 5.75 Å². The standard InChI is InChI=1S/C17H19FO2/c1-3-13-8-10-14(11-9-13)17(19)12(2)20-16-7-5-4-6-15(16)18/h4-12,17,19H,3H2,1-2H3. The summed E-state index contributed by atoms with van der Waals surface area (Å²) in [5, 5.41) is 10.3. The largest absolute Gasteiger partial charge is 0.485 e. The number of hydrogen-bond acceptors (Lipinski definition) is 2. The van der Waals surface area contributed by atoms with Crippen LogP contribution < -0.4 is 4.74 Å². The Morgan fingerprint density at radius 3 is 2.35 bits per heavy atom. The highest BCUT2D eigenvalue weighted by Crippen LogP contribution is 2.24. The molecule has 20 heavy (non-hydrogen) atoms. The number of hydrogen-bond donors (Lipinski definition) is 1. The fourth-order valence-corrected chi connectivity index (χ4v) is 2.03. The van der Waals surface area contributed by atoms with Crippen molar-refractivity contribution >= 4 is 0 Å². The minimum atomic E-state index is -0.791. The Hall–Kier alpha value is -1.87. The monoisotopic (exact) mass is 274 g/mol. The SMILES string of the molecule is CCc1ccc(C(O)C(C)Oc2ccccc2F)cc1. The Bertz CT molecular complexity index is 551. The van der Waals surface area contributed by atoms with E-state index in [9.17, 15) is 9.50 Å². The molecule has 1 N–H and O–H groups in total. The van der Waals surface area contributed by atoms with Gasteiger partial charge in [-0.3, -0.25) is 0 Å². The third-order valence-electron chi connectivity index (χ3n) is 3.32. The van der Waals surface area contributed by atoms with Crippen LogP contribution in [0.15, 0.2) is 48.5 Å². The zero-order valence-electron chi connectivity index (χ0n) is 11.7. The summed E-state index contributed by atoms with van der Waals surface area (Å²) in [6.45, 7) is 3.81. The lowest BCUT2D eigenvalue weighted by Gasteiger charge is -2.21. The first kappa shape index (κ1) is 14.5. The predicted molar refractivity (Wildman–Crippen MR) is 77.3 cm³/mol. The van der Waals surface area contributed by atoms with Gasteiger partial charge in [0, 0.05) is 0 Å². The van der Waals surface area contributed by atoms with Crippen LogP contribution in [0, 0.1) is 5.82 Å². The highest BCUT2D eigenvalue weighted by Gasteiger charge is 2.19. The van der Waals surface area contributed by atoms with Gasteiger partial charge in [0.25, 0.3) is 0 Å². The maximum Gasteiger partial charge on any atom is 0.165 e. The summed E-state index contributed by atoms with van der Waals surface area (Å²) in [6.07, 6.45) is -0.364. The van der Waals surface area contributed by atoms with Gasteiger partial charge >= 0.3 is 0 Å². The van der Waals surface area contributed by atoms with Crippen LogP contribution in [0.2, 0.25) is 0 Å². The number of aryl methyl sites for hydroxylation is 1. The maximum atomic E-state index is 13.5. The molecule has 0 aliphatic carbocycles. The highest BCUT2D eigenvalue weighted by molar-refractivity contribution is 5.26. The Morgan fingerprint density at radius 2 is 1.75 bits per heavy atom. The average Bonchev–Trinajstić information content (AvgIpc) is 2.49. The molecular formula is C17H19FO2. The third kappa shape index (κ3) is 3.36. The molecule has 0 aliphatic heterocycles. The number of halogens is 1. The van der Waals surface area contributed by atoms with Crippen LogP contribution in [0.4, 0.5) is 4.39 Å². The van der Waals surface area contributed by atoms with Crippen LogP contribution in [0.5, 0.6) is 5.75 Å². The summed E-state index contributed by atoms with van der Waals surface area (Å²) in [6, 6.07) is 13.9. The lowest BCUT2D eigenvalue weighted by atomic mass is 10.0. The summed E-state index contributed by atoms with van der Waals surface area (Å²) in [5.41, 5.74) is 1.98. The lowest BCUT2D eigenvalue weighted by Crippen LogP contribution is -2.22. The summed E-state index contributed by atoms with van der Waals surface area (Å²) < 4.78 is 19.0. The number of aliphatic hydroxyl groups excluding tert-OH is 1. The number of ether oxygens (including phenoxy) is 1. The van der Waals surface area contributed by atoms with Crippen molar-refractivity contribution in [1.29, 1.82) is 0 Å². The molecule has 0 aliphatic rings. The van der Waals surface area contributed by atoms with Gasteiger partial charge in [-0.1, -0.05) is 43.3 Å². The average molecular weight is 274 g/mol. The van der Waals surface area contributed by atoms with Gasteiger partial charge in [-0.25, -0.2) is 4.39 Å². The molecule has 2 rings (SSSR count). The molecule has 0 saturated heterocycles. The predicted octanol–water partition coefficient (Wildman–Crippen LogP) is 3.89. The van der Waals surface area contributed by atoms with Gasteiger partial charge in [0.1, 0.15) is 12.2 Å². The van der Waals surface area contributed by atoms with E-state index >= 15 is 0 Å². The fourth-order valence-electron chi connectivity index (χ4n) is 2.03. The molecule has 106 valence electrons. The molecule has 0 fully saturated rings. The number of aliphatic hydroxyl groups is 1. The molecule has 2 atom stereocenters. The molecule has 2 nitrogen and oxygen atoms in total. The zero-order chi connectivity index (χ0) is 14.5. The molecule has 0 bridgehead atoms. The van der Waals surface area contributed by atoms with Gasteiger partial charge < -0.3 is 9.84 Å². The lowest BCUT2D eigenvalue weighted by molar-refractivity contribution is 0.0444. The van der Waals surface area contributed by atoms with Crippen LogP contribution in [0.3, 0.4) is 0 Å². The van der Waals surface area contributed by atoms with Gasteiger partial charge in [0.05, 0.1) is 0 Å². The van der Waals surface area contributed by atoms with Gasteiger partial charge in [-0.05, 0) is 36.6 Å². The minimum absolute atomic E-state index is 0.157. The van der Waals surface area contributed by atoms with E-state index < -0.39 is 18.0 Å². The molecule has 2 unspecified atom stereocenters. The van der Waals surface area contributed by atoms with Crippen molar-refractivity contribution in [2.45, 2.75) is 32.5 Å². The van der Waals surface area contributed by atoms with E-state index in [0.29, 0.717) is 0 Å². The van der Waals surface area contributed by atoms with Crippen molar-refractivity contribution in [3.63, 3.8) is 0 Å². The van der Waals surface area contributed by atoms with Crippen LogP contribution in [-0.4, -0.2) is 11.2 Å². The first-order valence-electron chi connectivity index (χ1n) is 6.80. The van der Waals surface area contributed by atoms with Crippen LogP contribution in [0.1, 0.15) is 31.1 Å². The molecule has 0 radical (unpaired) electrons. The number of benzene rings is 2. The molecule has 0 saturated carbocycles. The Labute approximate surface area is 118 Å². The van der Waals surface area contributed by atoms with E-state index in [1.165, 1.54) is 11.6 Å². The van der Waals surface area contributed by atoms with Crippen molar-refractivity contribution in [2.24, 2.45) is 0 Å². The molecule has 2 aromatic carbocycles. The van der Waals surface area contributed by atoms with E-state index in [1.54, 1.807) is 25.1 Å². The first-order chi connectivity index (χ1) is 9.61. The van der Waals surface area contributed by atoms with Gasteiger partial charge in [-0.2, -0.15) is 0 Å². The second kappa shape index (κ2) is 6.53. The Balaban J connectivity index is 2.08. The van der Waals surface area contributed by atoms with Crippen LogP contribution >= 0.6 is 0 Å². The Kier molecular flexibility index (Phi) is 4.74. The van der Waals surface area contributed by atoms with Crippen molar-refractivity contribution in [2.75, 3.05) is 0 Å². The van der Waals surface area contributed by atoms with Crippen molar-refractivity contribution in [1.82, 2.24) is 0 Å². The van der Waals surface area contributed by atoms with Gasteiger partial charge in [0.15, 0.2) is 11.6 Å². The zero-order valence-corrected chi connectivity index (χ0v) is 11.7. The number of para-hydroxylation sites is 1. The maximum absolute atomic E-state index is 13.5. The second-order valence-electron chi connectivity index (χ2n) is 4.79. The van der Waals surface area contributed by atoms with Crippen LogP contribution in [0.25, 0.3) is 0 Å². The van der Waals surface area contributed by atoms with E-state index in [2.05, 4.69) is 6.92 Å². The summed E-state index contributed by atoms with van der Waals surface area (Å²) in [7, 11) is 0. The quantitative estimate of drug-likeness (QED) is 0.896. The van der Waals surface area contributed by atoms with Gasteiger partial charge in [-0.15, -0.1) is 0 Å². The normalized spacial score (nSPS) is 13.8. The second-order valence-corrected chi connectivity index (χ2v) is 4.79.